The second kappa shape index (κ2) is 6.61. The fourth-order valence-corrected chi connectivity index (χ4v) is 4.09. The second-order valence-electron chi connectivity index (χ2n) is 7.02. The highest BCUT2D eigenvalue weighted by molar-refractivity contribution is 5.82. The van der Waals surface area contributed by atoms with Crippen molar-refractivity contribution in [1.29, 1.82) is 0 Å². The summed E-state index contributed by atoms with van der Waals surface area (Å²) in [5.41, 5.74) is 4.89. The van der Waals surface area contributed by atoms with Gasteiger partial charge in [0.1, 0.15) is 6.04 Å². The van der Waals surface area contributed by atoms with Gasteiger partial charge in [0.2, 0.25) is 5.91 Å². The summed E-state index contributed by atoms with van der Waals surface area (Å²) in [6.45, 7) is 9.73. The number of amides is 1. The summed E-state index contributed by atoms with van der Waals surface area (Å²) < 4.78 is 2.26. The van der Waals surface area contributed by atoms with E-state index in [0.29, 0.717) is 0 Å². The molecule has 6 heteroatoms. The molecule has 0 spiro atoms. The third kappa shape index (κ3) is 3.07. The number of aryl methyl sites for hydroxylation is 1. The Morgan fingerprint density at radius 3 is 2.96 bits per heavy atom. The van der Waals surface area contributed by atoms with Crippen LogP contribution in [0.5, 0.6) is 0 Å². The van der Waals surface area contributed by atoms with Gasteiger partial charge in [-0.3, -0.25) is 19.6 Å². The molecule has 1 atom stereocenters. The summed E-state index contributed by atoms with van der Waals surface area (Å²) in [5, 5.41) is 2.99. The number of carbonyl (C=O) groups is 1. The van der Waals surface area contributed by atoms with E-state index in [1.165, 1.54) is 17.0 Å². The first kappa shape index (κ1) is 16.3. The first-order chi connectivity index (χ1) is 12.1. The Balaban J connectivity index is 1.53. The molecule has 0 aromatic carbocycles. The molecule has 132 valence electrons. The molecule has 0 radical (unpaired) electrons. The van der Waals surface area contributed by atoms with Gasteiger partial charge in [0.05, 0.1) is 11.9 Å². The maximum absolute atomic E-state index is 12.1. The van der Waals surface area contributed by atoms with E-state index in [0.717, 1.165) is 45.0 Å². The Hall–Kier alpha value is -2.18. The molecule has 4 rings (SSSR count). The lowest BCUT2D eigenvalue weighted by Gasteiger charge is -2.43. The first-order valence-corrected chi connectivity index (χ1v) is 8.96. The van der Waals surface area contributed by atoms with Gasteiger partial charge in [0.15, 0.2) is 0 Å². The van der Waals surface area contributed by atoms with Gasteiger partial charge in [-0.25, -0.2) is 0 Å². The van der Waals surface area contributed by atoms with Gasteiger partial charge in [0.25, 0.3) is 0 Å². The smallest absolute Gasteiger partial charge is 0.238 e. The number of hydrogen-bond donors (Lipinski definition) is 1. The van der Waals surface area contributed by atoms with Gasteiger partial charge in [-0.2, -0.15) is 0 Å². The van der Waals surface area contributed by atoms with Crippen LogP contribution in [0.1, 0.15) is 17.0 Å². The molecule has 2 aliphatic rings. The number of hydrogen-bond acceptors (Lipinski definition) is 4. The van der Waals surface area contributed by atoms with E-state index < -0.39 is 0 Å². The van der Waals surface area contributed by atoms with E-state index >= 15 is 0 Å². The Bertz CT molecular complexity index is 770. The predicted molar refractivity (Wildman–Crippen MR) is 96.7 cm³/mol. The highest BCUT2D eigenvalue weighted by Crippen LogP contribution is 2.23. The molecule has 1 N–H and O–H groups in total. The normalized spacial score (nSPS) is 21.8. The first-order valence-electron chi connectivity index (χ1n) is 8.96. The van der Waals surface area contributed by atoms with Crippen molar-refractivity contribution in [2.45, 2.75) is 26.4 Å². The van der Waals surface area contributed by atoms with Crippen molar-refractivity contribution in [3.05, 3.63) is 47.5 Å². The van der Waals surface area contributed by atoms with Crippen LogP contribution in [0.3, 0.4) is 0 Å². The number of fused-ring (bicyclic) bond motifs is 1. The van der Waals surface area contributed by atoms with E-state index in [-0.39, 0.29) is 11.9 Å². The molecule has 2 aliphatic heterocycles. The zero-order chi connectivity index (χ0) is 17.4. The van der Waals surface area contributed by atoms with Crippen LogP contribution in [-0.2, 0) is 11.3 Å². The number of pyridine rings is 1. The minimum absolute atomic E-state index is 0.00399. The van der Waals surface area contributed by atoms with Crippen molar-refractivity contribution in [2.75, 3.05) is 32.7 Å². The van der Waals surface area contributed by atoms with Crippen LogP contribution in [0.2, 0.25) is 0 Å². The molecule has 0 saturated carbocycles. The summed E-state index contributed by atoms with van der Waals surface area (Å²) in [4.78, 5) is 21.1. The van der Waals surface area contributed by atoms with Crippen molar-refractivity contribution in [3.63, 3.8) is 0 Å². The average Bonchev–Trinajstić information content (AvgIpc) is 2.90. The topological polar surface area (TPSA) is 53.4 Å². The maximum Gasteiger partial charge on any atom is 0.238 e. The SMILES string of the molecule is Cc1cc(CN2CCN3CCNC(=O)C3C2)c(C)n1-c1cccnc1. The van der Waals surface area contributed by atoms with Crippen LogP contribution in [0, 0.1) is 13.8 Å². The molecule has 2 fully saturated rings. The molecule has 2 aromatic rings. The summed E-state index contributed by atoms with van der Waals surface area (Å²) in [6, 6.07) is 6.32. The molecule has 1 unspecified atom stereocenters. The van der Waals surface area contributed by atoms with Gasteiger partial charge in [-0.15, -0.1) is 0 Å². The van der Waals surface area contributed by atoms with Gasteiger partial charge in [-0.1, -0.05) is 0 Å². The Morgan fingerprint density at radius 1 is 1.28 bits per heavy atom. The van der Waals surface area contributed by atoms with Crippen molar-refractivity contribution in [1.82, 2.24) is 24.7 Å². The third-order valence-corrected chi connectivity index (χ3v) is 5.41. The van der Waals surface area contributed by atoms with Crippen molar-refractivity contribution >= 4 is 5.91 Å². The number of piperazine rings is 2. The highest BCUT2D eigenvalue weighted by Gasteiger charge is 2.34. The van der Waals surface area contributed by atoms with E-state index in [9.17, 15) is 4.79 Å². The predicted octanol–water partition coefficient (Wildman–Crippen LogP) is 1.11. The van der Waals surface area contributed by atoms with E-state index in [1.54, 1.807) is 6.20 Å². The fraction of sp³-hybridized carbons (Fsp3) is 0.474. The minimum atomic E-state index is 0.00399. The summed E-state index contributed by atoms with van der Waals surface area (Å²) >= 11 is 0. The quantitative estimate of drug-likeness (QED) is 0.910. The van der Waals surface area contributed by atoms with Crippen LogP contribution in [0.4, 0.5) is 0 Å². The molecular formula is C19H25N5O. The molecule has 2 aromatic heterocycles. The maximum atomic E-state index is 12.1. The van der Waals surface area contributed by atoms with E-state index in [4.69, 9.17) is 0 Å². The lowest BCUT2D eigenvalue weighted by Crippen LogP contribution is -2.63. The number of rotatable bonds is 3. The molecule has 0 bridgehead atoms. The number of aromatic nitrogens is 2. The lowest BCUT2D eigenvalue weighted by atomic mass is 10.1. The fourth-order valence-electron chi connectivity index (χ4n) is 4.09. The second-order valence-corrected chi connectivity index (χ2v) is 7.02. The van der Waals surface area contributed by atoms with Gasteiger partial charge in [-0.05, 0) is 37.6 Å². The van der Waals surface area contributed by atoms with Crippen LogP contribution >= 0.6 is 0 Å². The Labute approximate surface area is 148 Å². The monoisotopic (exact) mass is 339 g/mol. The van der Waals surface area contributed by atoms with Crippen LogP contribution in [0.15, 0.2) is 30.6 Å². The Morgan fingerprint density at radius 2 is 2.16 bits per heavy atom. The zero-order valence-electron chi connectivity index (χ0n) is 14.9. The minimum Gasteiger partial charge on any atom is -0.353 e. The molecule has 2 saturated heterocycles. The van der Waals surface area contributed by atoms with Crippen molar-refractivity contribution < 1.29 is 4.79 Å². The van der Waals surface area contributed by atoms with Crippen LogP contribution < -0.4 is 5.32 Å². The molecule has 0 aliphatic carbocycles. The summed E-state index contributed by atoms with van der Waals surface area (Å²) in [5.74, 6) is 0.178. The van der Waals surface area contributed by atoms with Crippen LogP contribution in [-0.4, -0.2) is 64.0 Å². The van der Waals surface area contributed by atoms with Crippen molar-refractivity contribution in [3.8, 4) is 5.69 Å². The van der Waals surface area contributed by atoms with Gasteiger partial charge < -0.3 is 9.88 Å². The average molecular weight is 339 g/mol. The summed E-state index contributed by atoms with van der Waals surface area (Å²) in [7, 11) is 0. The molecule has 25 heavy (non-hydrogen) atoms. The van der Waals surface area contributed by atoms with Gasteiger partial charge >= 0.3 is 0 Å². The van der Waals surface area contributed by atoms with Crippen molar-refractivity contribution in [2.24, 2.45) is 0 Å². The number of nitrogens with one attached hydrogen (secondary N) is 1. The molecular weight excluding hydrogens is 314 g/mol. The van der Waals surface area contributed by atoms with E-state index in [1.807, 2.05) is 12.3 Å². The standard InChI is InChI=1S/C19H25N5O/c1-14-10-16(15(2)24(14)17-4-3-5-20-11-17)12-22-8-9-23-7-6-21-19(25)18(23)13-22/h3-5,10-11,18H,6-9,12-13H2,1-2H3,(H,21,25). The Kier molecular flexibility index (Phi) is 4.31. The van der Waals surface area contributed by atoms with Gasteiger partial charge in [0, 0.05) is 56.9 Å². The highest BCUT2D eigenvalue weighted by atomic mass is 16.2. The lowest BCUT2D eigenvalue weighted by molar-refractivity contribution is -0.131. The third-order valence-electron chi connectivity index (χ3n) is 5.41. The van der Waals surface area contributed by atoms with Crippen LogP contribution in [0.25, 0.3) is 5.69 Å². The van der Waals surface area contributed by atoms with E-state index in [2.05, 4.69) is 50.6 Å². The molecule has 6 nitrogen and oxygen atoms in total. The largest absolute Gasteiger partial charge is 0.353 e. The number of nitrogens with zero attached hydrogens (tertiary/aromatic N) is 4. The number of carbonyl (C=O) groups excluding carboxylic acids is 1. The zero-order valence-corrected chi connectivity index (χ0v) is 14.9. The summed E-state index contributed by atoms with van der Waals surface area (Å²) in [6.07, 6.45) is 3.70. The molecule has 4 heterocycles. The molecule has 1 amide bonds.